The van der Waals surface area contributed by atoms with Crippen LogP contribution in [-0.4, -0.2) is 25.7 Å². The molecule has 2 rings (SSSR count). The van der Waals surface area contributed by atoms with Crippen LogP contribution in [0.1, 0.15) is 11.7 Å². The molecule has 2 aromatic rings. The van der Waals surface area contributed by atoms with E-state index >= 15 is 0 Å². The van der Waals surface area contributed by atoms with Gasteiger partial charge in [0.05, 0.1) is 11.8 Å². The summed E-state index contributed by atoms with van der Waals surface area (Å²) in [4.78, 5) is 1.99. The molecule has 106 valence electrons. The first-order valence-corrected chi connectivity index (χ1v) is 6.51. The Bertz CT molecular complexity index is 555. The number of halogens is 1. The normalized spacial score (nSPS) is 12.0. The van der Waals surface area contributed by atoms with Crippen molar-refractivity contribution in [1.29, 1.82) is 0 Å². The minimum atomic E-state index is -0.675. The molecule has 3 nitrogen and oxygen atoms in total. The molecule has 0 spiro atoms. The number of aliphatic hydroxyl groups is 1. The molecule has 0 aliphatic carbocycles. The predicted octanol–water partition coefficient (Wildman–Crippen LogP) is 3.04. The van der Waals surface area contributed by atoms with Gasteiger partial charge in [0.1, 0.15) is 5.82 Å². The number of benzene rings is 2. The van der Waals surface area contributed by atoms with Gasteiger partial charge in [-0.25, -0.2) is 4.39 Å². The summed E-state index contributed by atoms with van der Waals surface area (Å²) in [5.41, 5.74) is 2.28. The molecule has 0 aliphatic heterocycles. The summed E-state index contributed by atoms with van der Waals surface area (Å²) in [5, 5.41) is 13.0. The van der Waals surface area contributed by atoms with Crippen LogP contribution in [0.4, 0.5) is 15.8 Å². The third-order valence-electron chi connectivity index (χ3n) is 3.15. The Kier molecular flexibility index (Phi) is 4.58. The minimum absolute atomic E-state index is 0.266. The Labute approximate surface area is 118 Å². The molecule has 4 heteroatoms. The van der Waals surface area contributed by atoms with Crippen LogP contribution in [0, 0.1) is 5.82 Å². The molecule has 20 heavy (non-hydrogen) atoms. The Morgan fingerprint density at radius 3 is 2.35 bits per heavy atom. The van der Waals surface area contributed by atoms with Crippen LogP contribution in [0.25, 0.3) is 0 Å². The highest BCUT2D eigenvalue weighted by molar-refractivity contribution is 5.47. The lowest BCUT2D eigenvalue weighted by Gasteiger charge is -2.16. The van der Waals surface area contributed by atoms with E-state index in [1.54, 1.807) is 18.2 Å². The van der Waals surface area contributed by atoms with Gasteiger partial charge in [-0.2, -0.15) is 0 Å². The monoisotopic (exact) mass is 274 g/mol. The topological polar surface area (TPSA) is 35.5 Å². The van der Waals surface area contributed by atoms with E-state index in [0.29, 0.717) is 5.69 Å². The highest BCUT2D eigenvalue weighted by atomic mass is 19.1. The maximum atomic E-state index is 13.4. The Morgan fingerprint density at radius 2 is 1.75 bits per heavy atom. The van der Waals surface area contributed by atoms with Crippen LogP contribution in [-0.2, 0) is 0 Å². The first-order valence-electron chi connectivity index (χ1n) is 6.51. The van der Waals surface area contributed by atoms with E-state index in [4.69, 9.17) is 0 Å². The average Bonchev–Trinajstić information content (AvgIpc) is 2.46. The molecule has 0 amide bonds. The third-order valence-corrected chi connectivity index (χ3v) is 3.15. The Morgan fingerprint density at radius 1 is 1.10 bits per heavy atom. The second kappa shape index (κ2) is 6.39. The number of para-hydroxylation sites is 1. The molecule has 1 unspecified atom stereocenters. The lowest BCUT2D eigenvalue weighted by Crippen LogP contribution is -2.13. The number of hydrogen-bond donors (Lipinski definition) is 2. The van der Waals surface area contributed by atoms with E-state index in [9.17, 15) is 9.50 Å². The molecule has 0 heterocycles. The zero-order chi connectivity index (χ0) is 14.5. The van der Waals surface area contributed by atoms with Crippen LogP contribution < -0.4 is 10.2 Å². The molecule has 0 saturated carbocycles. The summed E-state index contributed by atoms with van der Waals surface area (Å²) < 4.78 is 13.4. The number of anilines is 2. The molecule has 2 aromatic carbocycles. The SMILES string of the molecule is CN(C)c1ccc(C(O)CNc2ccccc2F)cc1. The lowest BCUT2D eigenvalue weighted by atomic mass is 10.1. The van der Waals surface area contributed by atoms with Crippen LogP contribution in [0.15, 0.2) is 48.5 Å². The second-order valence-corrected chi connectivity index (χ2v) is 4.86. The molecular weight excluding hydrogens is 255 g/mol. The molecule has 0 fully saturated rings. The molecule has 2 N–H and O–H groups in total. The fraction of sp³-hybridized carbons (Fsp3) is 0.250. The van der Waals surface area contributed by atoms with Crippen molar-refractivity contribution in [3.63, 3.8) is 0 Å². The molecule has 1 atom stereocenters. The van der Waals surface area contributed by atoms with Crippen molar-refractivity contribution in [1.82, 2.24) is 0 Å². The lowest BCUT2D eigenvalue weighted by molar-refractivity contribution is 0.191. The summed E-state index contributed by atoms with van der Waals surface area (Å²) in [6.07, 6.45) is -0.675. The quantitative estimate of drug-likeness (QED) is 0.879. The summed E-state index contributed by atoms with van der Waals surface area (Å²) in [5.74, 6) is -0.317. The van der Waals surface area contributed by atoms with Crippen LogP contribution in [0.3, 0.4) is 0 Å². The van der Waals surface area contributed by atoms with E-state index in [-0.39, 0.29) is 12.4 Å². The van der Waals surface area contributed by atoms with Crippen molar-refractivity contribution in [2.45, 2.75) is 6.10 Å². The first kappa shape index (κ1) is 14.3. The van der Waals surface area contributed by atoms with Gasteiger partial charge in [-0.1, -0.05) is 24.3 Å². The predicted molar refractivity (Wildman–Crippen MR) is 80.6 cm³/mol. The van der Waals surface area contributed by atoms with Gasteiger partial charge >= 0.3 is 0 Å². The summed E-state index contributed by atoms with van der Waals surface area (Å²) in [6.45, 7) is 0.266. The summed E-state index contributed by atoms with van der Waals surface area (Å²) in [7, 11) is 3.93. The largest absolute Gasteiger partial charge is 0.387 e. The van der Waals surface area contributed by atoms with Crippen molar-refractivity contribution < 1.29 is 9.50 Å². The van der Waals surface area contributed by atoms with Crippen LogP contribution in [0.2, 0.25) is 0 Å². The maximum Gasteiger partial charge on any atom is 0.146 e. The van der Waals surface area contributed by atoms with Gasteiger partial charge in [0.25, 0.3) is 0 Å². The Balaban J connectivity index is 1.98. The van der Waals surface area contributed by atoms with Crippen molar-refractivity contribution in [3.8, 4) is 0 Å². The Hall–Kier alpha value is -2.07. The van der Waals surface area contributed by atoms with E-state index in [0.717, 1.165) is 11.3 Å². The average molecular weight is 274 g/mol. The number of rotatable bonds is 5. The highest BCUT2D eigenvalue weighted by Gasteiger charge is 2.09. The molecule has 0 radical (unpaired) electrons. The van der Waals surface area contributed by atoms with Gasteiger partial charge in [-0.15, -0.1) is 0 Å². The van der Waals surface area contributed by atoms with Crippen molar-refractivity contribution >= 4 is 11.4 Å². The van der Waals surface area contributed by atoms with Gasteiger partial charge in [-0.3, -0.25) is 0 Å². The molecule has 0 saturated heterocycles. The van der Waals surface area contributed by atoms with Gasteiger partial charge in [0.15, 0.2) is 0 Å². The van der Waals surface area contributed by atoms with Crippen molar-refractivity contribution in [2.75, 3.05) is 30.9 Å². The third kappa shape index (κ3) is 3.48. The van der Waals surface area contributed by atoms with Gasteiger partial charge in [-0.05, 0) is 29.8 Å². The second-order valence-electron chi connectivity index (χ2n) is 4.86. The highest BCUT2D eigenvalue weighted by Crippen LogP contribution is 2.19. The smallest absolute Gasteiger partial charge is 0.146 e. The fourth-order valence-corrected chi connectivity index (χ4v) is 1.92. The fourth-order valence-electron chi connectivity index (χ4n) is 1.92. The summed E-state index contributed by atoms with van der Waals surface area (Å²) >= 11 is 0. The maximum absolute atomic E-state index is 13.4. The van der Waals surface area contributed by atoms with E-state index in [1.807, 2.05) is 43.3 Å². The zero-order valence-electron chi connectivity index (χ0n) is 11.7. The van der Waals surface area contributed by atoms with Crippen molar-refractivity contribution in [2.24, 2.45) is 0 Å². The van der Waals surface area contributed by atoms with E-state index in [1.165, 1.54) is 6.07 Å². The number of nitrogens with one attached hydrogen (secondary N) is 1. The van der Waals surface area contributed by atoms with Crippen LogP contribution >= 0.6 is 0 Å². The number of hydrogen-bond acceptors (Lipinski definition) is 3. The number of aliphatic hydroxyl groups excluding tert-OH is 1. The summed E-state index contributed by atoms with van der Waals surface area (Å²) in [6, 6.07) is 14.1. The molecule has 0 bridgehead atoms. The minimum Gasteiger partial charge on any atom is -0.387 e. The standard InChI is InChI=1S/C16H19FN2O/c1-19(2)13-9-7-12(8-10-13)16(20)11-18-15-6-4-3-5-14(15)17/h3-10,16,18,20H,11H2,1-2H3. The molecule has 0 aromatic heterocycles. The molecule has 0 aliphatic rings. The van der Waals surface area contributed by atoms with Gasteiger partial charge in [0, 0.05) is 26.3 Å². The van der Waals surface area contributed by atoms with Gasteiger partial charge < -0.3 is 15.3 Å². The van der Waals surface area contributed by atoms with E-state index < -0.39 is 6.10 Å². The number of nitrogens with zero attached hydrogens (tertiary/aromatic N) is 1. The zero-order valence-corrected chi connectivity index (χ0v) is 11.7. The van der Waals surface area contributed by atoms with E-state index in [2.05, 4.69) is 5.32 Å². The first-order chi connectivity index (χ1) is 9.58. The van der Waals surface area contributed by atoms with Crippen LogP contribution in [0.5, 0.6) is 0 Å². The van der Waals surface area contributed by atoms with Crippen molar-refractivity contribution in [3.05, 3.63) is 59.9 Å². The molecular formula is C16H19FN2O. The van der Waals surface area contributed by atoms with Gasteiger partial charge in [0.2, 0.25) is 0 Å².